The van der Waals surface area contributed by atoms with Gasteiger partial charge in [0, 0.05) is 50.6 Å². The zero-order chi connectivity index (χ0) is 24.2. The van der Waals surface area contributed by atoms with E-state index in [0.29, 0.717) is 37.7 Å². The summed E-state index contributed by atoms with van der Waals surface area (Å²) >= 11 is 0. The lowest BCUT2D eigenvalue weighted by molar-refractivity contribution is -0.143. The minimum absolute atomic E-state index is 0.0514. The van der Waals surface area contributed by atoms with Crippen molar-refractivity contribution in [3.05, 3.63) is 48.5 Å². The number of para-hydroxylation sites is 2. The Bertz CT molecular complexity index is 1030. The van der Waals surface area contributed by atoms with E-state index in [1.807, 2.05) is 55.5 Å². The van der Waals surface area contributed by atoms with Crippen LogP contribution in [0.1, 0.15) is 6.92 Å². The number of morpholine rings is 1. The Kier molecular flexibility index (Phi) is 7.06. The molecule has 1 N–H and O–H groups in total. The molecule has 3 heterocycles. The predicted molar refractivity (Wildman–Crippen MR) is 132 cm³/mol. The number of amides is 2. The van der Waals surface area contributed by atoms with Crippen LogP contribution in [0.15, 0.2) is 48.5 Å². The first kappa shape index (κ1) is 23.4. The highest BCUT2D eigenvalue weighted by Crippen LogP contribution is 2.31. The maximum atomic E-state index is 13.0. The van der Waals surface area contributed by atoms with Gasteiger partial charge >= 0.3 is 0 Å². The maximum Gasteiger partial charge on any atom is 0.267 e. The molecule has 9 heteroatoms. The first-order valence-electron chi connectivity index (χ1n) is 12.2. The second kappa shape index (κ2) is 10.5. The Labute approximate surface area is 205 Å². The van der Waals surface area contributed by atoms with E-state index in [9.17, 15) is 9.59 Å². The highest BCUT2D eigenvalue weighted by atomic mass is 16.6. The van der Waals surface area contributed by atoms with E-state index in [-0.39, 0.29) is 24.5 Å². The number of piperazine rings is 1. The molecule has 2 amide bonds. The van der Waals surface area contributed by atoms with Crippen molar-refractivity contribution in [3.63, 3.8) is 0 Å². The summed E-state index contributed by atoms with van der Waals surface area (Å²) in [5.41, 5.74) is 1.92. The summed E-state index contributed by atoms with van der Waals surface area (Å²) in [4.78, 5) is 32.0. The fourth-order valence-corrected chi connectivity index (χ4v) is 4.66. The number of nitrogens with zero attached hydrogens (tertiary/aromatic N) is 3. The van der Waals surface area contributed by atoms with Crippen LogP contribution in [-0.2, 0) is 14.3 Å². The van der Waals surface area contributed by atoms with Gasteiger partial charge in [0.15, 0.2) is 11.5 Å². The van der Waals surface area contributed by atoms with Crippen molar-refractivity contribution in [3.8, 4) is 11.5 Å². The summed E-state index contributed by atoms with van der Waals surface area (Å²) in [6.45, 7) is 7.70. The van der Waals surface area contributed by atoms with Crippen LogP contribution in [0.3, 0.4) is 0 Å². The van der Waals surface area contributed by atoms with Gasteiger partial charge < -0.3 is 29.3 Å². The Morgan fingerprint density at radius 1 is 0.914 bits per heavy atom. The predicted octanol–water partition coefficient (Wildman–Crippen LogP) is 1.83. The number of benzene rings is 2. The molecular weight excluding hydrogens is 448 g/mol. The monoisotopic (exact) mass is 480 g/mol. The van der Waals surface area contributed by atoms with Crippen LogP contribution in [0.2, 0.25) is 0 Å². The van der Waals surface area contributed by atoms with Crippen LogP contribution < -0.4 is 19.7 Å². The standard InChI is InChI=1S/C26H32N4O5/c1-19(25(31)27-20-6-8-21(9-7-20)29-14-16-33-17-15-29)28-10-12-30(13-11-28)26(32)24-18-34-22-4-2-3-5-23(22)35-24/h2-9,19,24H,10-18H2,1H3,(H,27,31). The molecule has 9 nitrogen and oxygen atoms in total. The molecule has 0 saturated carbocycles. The summed E-state index contributed by atoms with van der Waals surface area (Å²) in [7, 11) is 0. The fourth-order valence-electron chi connectivity index (χ4n) is 4.66. The van der Waals surface area contributed by atoms with E-state index in [4.69, 9.17) is 14.2 Å². The van der Waals surface area contributed by atoms with Crippen LogP contribution in [0.5, 0.6) is 11.5 Å². The van der Waals surface area contributed by atoms with Crippen molar-refractivity contribution < 1.29 is 23.8 Å². The number of ether oxygens (including phenoxy) is 3. The maximum absolute atomic E-state index is 13.0. The van der Waals surface area contributed by atoms with Gasteiger partial charge in [-0.3, -0.25) is 14.5 Å². The van der Waals surface area contributed by atoms with Crippen molar-refractivity contribution in [1.82, 2.24) is 9.80 Å². The van der Waals surface area contributed by atoms with Crippen LogP contribution in [0.4, 0.5) is 11.4 Å². The summed E-state index contributed by atoms with van der Waals surface area (Å²) < 4.78 is 17.0. The van der Waals surface area contributed by atoms with Gasteiger partial charge in [-0.05, 0) is 43.3 Å². The molecule has 0 radical (unpaired) electrons. The average Bonchev–Trinajstić information content (AvgIpc) is 2.93. The topological polar surface area (TPSA) is 83.6 Å². The SMILES string of the molecule is CC(C(=O)Nc1ccc(N2CCOCC2)cc1)N1CCN(C(=O)C2COc3ccccc3O2)CC1. The summed E-state index contributed by atoms with van der Waals surface area (Å²) in [6, 6.07) is 15.0. The number of carbonyl (C=O) groups excluding carboxylic acids is 2. The first-order chi connectivity index (χ1) is 17.1. The van der Waals surface area contributed by atoms with Crippen molar-refractivity contribution in [2.24, 2.45) is 0 Å². The summed E-state index contributed by atoms with van der Waals surface area (Å²) in [6.07, 6.45) is -0.641. The van der Waals surface area contributed by atoms with Gasteiger partial charge in [0.1, 0.15) is 6.61 Å². The first-order valence-corrected chi connectivity index (χ1v) is 12.2. The highest BCUT2D eigenvalue weighted by Gasteiger charge is 2.34. The molecule has 2 aromatic rings. The number of anilines is 2. The van der Waals surface area contributed by atoms with Crippen LogP contribution in [0.25, 0.3) is 0 Å². The van der Waals surface area contributed by atoms with Gasteiger partial charge in [0.05, 0.1) is 19.3 Å². The lowest BCUT2D eigenvalue weighted by Gasteiger charge is -2.39. The van der Waals surface area contributed by atoms with Crippen molar-refractivity contribution in [2.45, 2.75) is 19.1 Å². The van der Waals surface area contributed by atoms with Crippen molar-refractivity contribution in [1.29, 1.82) is 0 Å². The quantitative estimate of drug-likeness (QED) is 0.699. The Balaban J connectivity index is 1.10. The summed E-state index contributed by atoms with van der Waals surface area (Å²) in [5, 5.41) is 3.02. The molecule has 0 aromatic heterocycles. The summed E-state index contributed by atoms with van der Waals surface area (Å²) in [5.74, 6) is 1.14. The molecule has 2 aromatic carbocycles. The van der Waals surface area contributed by atoms with Crippen molar-refractivity contribution in [2.75, 3.05) is 69.3 Å². The highest BCUT2D eigenvalue weighted by molar-refractivity contribution is 5.94. The van der Waals surface area contributed by atoms with Crippen molar-refractivity contribution >= 4 is 23.2 Å². The second-order valence-electron chi connectivity index (χ2n) is 9.04. The zero-order valence-electron chi connectivity index (χ0n) is 20.0. The third-order valence-corrected chi connectivity index (χ3v) is 6.85. The van der Waals surface area contributed by atoms with Gasteiger partial charge in [-0.1, -0.05) is 12.1 Å². The van der Waals surface area contributed by atoms with E-state index in [1.54, 1.807) is 4.90 Å². The smallest absolute Gasteiger partial charge is 0.267 e. The van der Waals surface area contributed by atoms with E-state index in [2.05, 4.69) is 15.1 Å². The molecule has 186 valence electrons. The van der Waals surface area contributed by atoms with E-state index in [0.717, 1.165) is 37.7 Å². The Hall–Kier alpha value is -3.30. The molecule has 3 aliphatic heterocycles. The van der Waals surface area contributed by atoms with Crippen LogP contribution >= 0.6 is 0 Å². The molecule has 2 unspecified atom stereocenters. The molecule has 35 heavy (non-hydrogen) atoms. The molecule has 0 spiro atoms. The number of rotatable bonds is 5. The van der Waals surface area contributed by atoms with Crippen LogP contribution in [-0.4, -0.2) is 92.8 Å². The Morgan fingerprint density at radius 2 is 1.60 bits per heavy atom. The number of hydrogen-bond acceptors (Lipinski definition) is 7. The second-order valence-corrected chi connectivity index (χ2v) is 9.04. The van der Waals surface area contributed by atoms with Crippen LogP contribution in [0, 0.1) is 0 Å². The fraction of sp³-hybridized carbons (Fsp3) is 0.462. The van der Waals surface area contributed by atoms with E-state index in [1.165, 1.54) is 0 Å². The lowest BCUT2D eigenvalue weighted by Crippen LogP contribution is -2.57. The van der Waals surface area contributed by atoms with Gasteiger partial charge in [-0.15, -0.1) is 0 Å². The molecule has 0 bridgehead atoms. The largest absolute Gasteiger partial charge is 0.485 e. The number of nitrogens with one attached hydrogen (secondary N) is 1. The van der Waals surface area contributed by atoms with Gasteiger partial charge in [0.2, 0.25) is 12.0 Å². The molecule has 2 saturated heterocycles. The van der Waals surface area contributed by atoms with E-state index >= 15 is 0 Å². The Morgan fingerprint density at radius 3 is 2.31 bits per heavy atom. The number of fused-ring (bicyclic) bond motifs is 1. The minimum atomic E-state index is -0.641. The minimum Gasteiger partial charge on any atom is -0.485 e. The molecule has 5 rings (SSSR count). The number of carbonyl (C=O) groups is 2. The normalized spacial score (nSPS) is 21.3. The van der Waals surface area contributed by atoms with Gasteiger partial charge in [-0.2, -0.15) is 0 Å². The molecule has 2 fully saturated rings. The molecular formula is C26H32N4O5. The number of hydrogen-bond donors (Lipinski definition) is 1. The molecule has 3 aliphatic rings. The zero-order valence-corrected chi connectivity index (χ0v) is 20.0. The average molecular weight is 481 g/mol. The molecule has 2 atom stereocenters. The van der Waals surface area contributed by atoms with Gasteiger partial charge in [0.25, 0.3) is 5.91 Å². The lowest BCUT2D eigenvalue weighted by atomic mass is 10.2. The third kappa shape index (κ3) is 5.36. The molecule has 0 aliphatic carbocycles. The van der Waals surface area contributed by atoms with E-state index < -0.39 is 6.10 Å². The third-order valence-electron chi connectivity index (χ3n) is 6.85. The van der Waals surface area contributed by atoms with Gasteiger partial charge in [-0.25, -0.2) is 0 Å².